The Bertz CT molecular complexity index is 711. The highest BCUT2D eigenvalue weighted by Crippen LogP contribution is 2.36. The highest BCUT2D eigenvalue weighted by Gasteiger charge is 2.20. The van der Waals surface area contributed by atoms with Gasteiger partial charge in [-0.3, -0.25) is 0 Å². The molecule has 1 aromatic heterocycles. The number of thioether (sulfide) groups is 1. The van der Waals surface area contributed by atoms with E-state index in [9.17, 15) is 9.28 Å². The quantitative estimate of drug-likeness (QED) is 0.584. The van der Waals surface area contributed by atoms with Crippen molar-refractivity contribution in [3.63, 3.8) is 0 Å². The monoisotopic (exact) mass is 391 g/mol. The van der Waals surface area contributed by atoms with E-state index < -0.39 is 9.86 Å². The molecule has 2 aromatic rings. The Morgan fingerprint density at radius 3 is 2.38 bits per heavy atom. The Hall–Kier alpha value is -0.600. The maximum Gasteiger partial charge on any atom is 0.380 e. The number of methoxy groups -OCH3 is 1. The van der Waals surface area contributed by atoms with Gasteiger partial charge in [-0.25, -0.2) is 9.36 Å². The molecule has 114 valence electrons. The van der Waals surface area contributed by atoms with Crippen molar-refractivity contribution >= 4 is 58.2 Å². The molecule has 0 fully saturated rings. The van der Waals surface area contributed by atoms with Gasteiger partial charge < -0.3 is 4.74 Å². The van der Waals surface area contributed by atoms with Crippen LogP contribution >= 0.6 is 58.2 Å². The molecule has 0 aliphatic carbocycles. The number of halogens is 5. The molecule has 0 N–H and O–H groups in total. The second kappa shape index (κ2) is 6.66. The van der Waals surface area contributed by atoms with Crippen LogP contribution in [0.25, 0.3) is 5.69 Å². The van der Waals surface area contributed by atoms with Gasteiger partial charge in [-0.05, 0) is 28.8 Å². The minimum absolute atomic E-state index is 0.0465. The summed E-state index contributed by atoms with van der Waals surface area (Å²) in [6.07, 6.45) is 0. The zero-order chi connectivity index (χ0) is 15.7. The van der Waals surface area contributed by atoms with Gasteiger partial charge in [0.1, 0.15) is 0 Å². The molecule has 0 aliphatic rings. The molecule has 2 rings (SSSR count). The van der Waals surface area contributed by atoms with Gasteiger partial charge in [0.2, 0.25) is 5.16 Å². The molecule has 1 heterocycles. The van der Waals surface area contributed by atoms with Gasteiger partial charge in [0.15, 0.2) is 9.92 Å². The van der Waals surface area contributed by atoms with Gasteiger partial charge in [-0.2, -0.15) is 0 Å². The molecular formula is C10H6Cl4FN3O2S. The number of ether oxygens (including phenoxy) is 1. The standard InChI is InChI=1S/C10H6Cl4FN3O2S/c1-20-7-5(11)2-4(3-6(7)12)17-9(21-8(13)14)16-18(15)10(17)19/h2-3,8H,1H3. The number of alkyl halides is 2. The van der Waals surface area contributed by atoms with Crippen molar-refractivity contribution in [1.29, 1.82) is 0 Å². The smallest absolute Gasteiger partial charge is 0.380 e. The molecule has 1 aromatic carbocycles. The molecule has 21 heavy (non-hydrogen) atoms. The Labute approximate surface area is 142 Å². The van der Waals surface area contributed by atoms with E-state index in [0.29, 0.717) is 0 Å². The predicted molar refractivity (Wildman–Crippen MR) is 82.3 cm³/mol. The number of hydrogen-bond acceptors (Lipinski definition) is 4. The molecule has 0 atom stereocenters. The van der Waals surface area contributed by atoms with Crippen molar-refractivity contribution < 1.29 is 9.22 Å². The molecule has 0 saturated heterocycles. The number of aromatic nitrogens is 3. The Morgan fingerprint density at radius 2 is 1.90 bits per heavy atom. The largest absolute Gasteiger partial charge is 0.494 e. The van der Waals surface area contributed by atoms with Gasteiger partial charge in [-0.1, -0.05) is 50.9 Å². The maximum absolute atomic E-state index is 13.4. The summed E-state index contributed by atoms with van der Waals surface area (Å²) in [5.74, 6) is 0.240. The fraction of sp³-hybridized carbons (Fsp3) is 0.200. The van der Waals surface area contributed by atoms with Crippen LogP contribution in [0, 0.1) is 0 Å². The van der Waals surface area contributed by atoms with Crippen LogP contribution in [-0.2, 0) is 0 Å². The van der Waals surface area contributed by atoms with E-state index in [4.69, 9.17) is 51.1 Å². The number of benzene rings is 1. The minimum Gasteiger partial charge on any atom is -0.494 e. The highest BCUT2D eigenvalue weighted by atomic mass is 35.5. The first-order valence-electron chi connectivity index (χ1n) is 5.21. The Morgan fingerprint density at radius 1 is 1.33 bits per heavy atom. The molecule has 0 aliphatic heterocycles. The topological polar surface area (TPSA) is 49.0 Å². The fourth-order valence-corrected chi connectivity index (χ4v) is 3.25. The molecule has 0 bridgehead atoms. The number of nitrogens with zero attached hydrogens (tertiary/aromatic N) is 3. The molecule has 0 spiro atoms. The summed E-state index contributed by atoms with van der Waals surface area (Å²) in [4.78, 5) is 11.5. The lowest BCUT2D eigenvalue weighted by Crippen LogP contribution is -2.20. The number of rotatable bonds is 4. The molecule has 0 saturated carbocycles. The SMILES string of the molecule is COc1c(Cl)cc(-n2c(SC(Cl)Cl)nn(F)c2=O)cc1Cl. The first-order chi connectivity index (χ1) is 9.85. The van der Waals surface area contributed by atoms with Gasteiger partial charge in [0.05, 0.1) is 22.8 Å². The lowest BCUT2D eigenvalue weighted by atomic mass is 10.3. The van der Waals surface area contributed by atoms with Gasteiger partial charge in [-0.15, -0.1) is 5.10 Å². The maximum atomic E-state index is 13.4. The van der Waals surface area contributed by atoms with Crippen LogP contribution in [0.5, 0.6) is 5.75 Å². The van der Waals surface area contributed by atoms with E-state index in [1.54, 1.807) is 0 Å². The number of hydrogen-bond donors (Lipinski definition) is 0. The van der Waals surface area contributed by atoms with Gasteiger partial charge in [0.25, 0.3) is 0 Å². The molecule has 0 radical (unpaired) electrons. The van der Waals surface area contributed by atoms with E-state index in [1.807, 2.05) is 0 Å². The van der Waals surface area contributed by atoms with E-state index in [-0.39, 0.29) is 31.5 Å². The van der Waals surface area contributed by atoms with Crippen LogP contribution in [0.2, 0.25) is 10.0 Å². The van der Waals surface area contributed by atoms with Crippen LogP contribution in [0.15, 0.2) is 22.1 Å². The third-order valence-electron chi connectivity index (χ3n) is 2.35. The third-order valence-corrected chi connectivity index (χ3v) is 4.10. The third kappa shape index (κ3) is 3.43. The second-order valence-corrected chi connectivity index (χ2v) is 7.08. The summed E-state index contributed by atoms with van der Waals surface area (Å²) >= 11 is 24.0. The summed E-state index contributed by atoms with van der Waals surface area (Å²) in [6, 6.07) is 2.77. The molecule has 5 nitrogen and oxygen atoms in total. The Kier molecular flexibility index (Phi) is 5.32. The summed E-state index contributed by atoms with van der Waals surface area (Å²) in [5, 5.41) is 3.67. The molecule has 0 amide bonds. The summed E-state index contributed by atoms with van der Waals surface area (Å²) in [6.45, 7) is 0. The first-order valence-corrected chi connectivity index (χ1v) is 7.72. The zero-order valence-electron chi connectivity index (χ0n) is 10.2. The second-order valence-electron chi connectivity index (χ2n) is 3.58. The molecule has 11 heteroatoms. The average molecular weight is 393 g/mol. The Balaban J connectivity index is 2.64. The van der Waals surface area contributed by atoms with E-state index in [1.165, 1.54) is 19.2 Å². The lowest BCUT2D eigenvalue weighted by molar-refractivity contribution is 0.296. The van der Waals surface area contributed by atoms with Crippen molar-refractivity contribution in [2.75, 3.05) is 7.11 Å². The van der Waals surface area contributed by atoms with Crippen LogP contribution in [0.3, 0.4) is 0 Å². The van der Waals surface area contributed by atoms with Crippen LogP contribution in [0.4, 0.5) is 4.48 Å². The van der Waals surface area contributed by atoms with Crippen molar-refractivity contribution in [2.45, 2.75) is 9.32 Å². The summed E-state index contributed by atoms with van der Waals surface area (Å²) < 4.78 is 18.4. The van der Waals surface area contributed by atoms with Crippen molar-refractivity contribution in [3.05, 3.63) is 32.7 Å². The van der Waals surface area contributed by atoms with Crippen molar-refractivity contribution in [3.8, 4) is 11.4 Å². The molecular weight excluding hydrogens is 387 g/mol. The van der Waals surface area contributed by atoms with E-state index >= 15 is 0 Å². The summed E-state index contributed by atoms with van der Waals surface area (Å²) in [7, 11) is 1.39. The van der Waals surface area contributed by atoms with Crippen LogP contribution in [0.1, 0.15) is 0 Å². The minimum atomic E-state index is -1.04. The first kappa shape index (κ1) is 16.8. The molecule has 0 unspecified atom stereocenters. The van der Waals surface area contributed by atoms with Crippen molar-refractivity contribution in [2.24, 2.45) is 0 Å². The van der Waals surface area contributed by atoms with Crippen LogP contribution < -0.4 is 10.4 Å². The van der Waals surface area contributed by atoms with E-state index in [0.717, 1.165) is 16.3 Å². The van der Waals surface area contributed by atoms with E-state index in [2.05, 4.69) is 5.10 Å². The predicted octanol–water partition coefficient (Wildman–Crippen LogP) is 3.94. The lowest BCUT2D eigenvalue weighted by Gasteiger charge is -2.10. The average Bonchev–Trinajstić information content (AvgIpc) is 2.63. The fourth-order valence-electron chi connectivity index (χ4n) is 1.57. The zero-order valence-corrected chi connectivity index (χ0v) is 14.0. The normalized spacial score (nSPS) is 11.2. The summed E-state index contributed by atoms with van der Waals surface area (Å²) in [5.41, 5.74) is -0.833. The van der Waals surface area contributed by atoms with Crippen LogP contribution in [-0.4, -0.2) is 25.8 Å². The van der Waals surface area contributed by atoms with Gasteiger partial charge >= 0.3 is 5.69 Å². The van der Waals surface area contributed by atoms with Gasteiger partial charge in [0, 0.05) is 0 Å². The van der Waals surface area contributed by atoms with Crippen molar-refractivity contribution in [1.82, 2.24) is 14.6 Å². The highest BCUT2D eigenvalue weighted by molar-refractivity contribution is 8.02.